The lowest BCUT2D eigenvalue weighted by Crippen LogP contribution is -2.77. The molecule has 1 fully saturated rings. The molecular formula is C27H42N2O6. The number of allylic oxidation sites excluding steroid dienone is 3. The highest BCUT2D eigenvalue weighted by Crippen LogP contribution is 2.38. The number of aromatic nitrogens is 1. The van der Waals surface area contributed by atoms with Crippen LogP contribution in [0, 0.1) is 0 Å². The van der Waals surface area contributed by atoms with Gasteiger partial charge in [-0.3, -0.25) is 9.78 Å². The van der Waals surface area contributed by atoms with Gasteiger partial charge in [0.2, 0.25) is 0 Å². The second-order valence-corrected chi connectivity index (χ2v) is 8.58. The molecule has 1 amide bonds. The molecule has 0 unspecified atom stereocenters. The molecule has 0 bridgehead atoms. The molecule has 35 heavy (non-hydrogen) atoms. The third-order valence-corrected chi connectivity index (χ3v) is 5.96. The summed E-state index contributed by atoms with van der Waals surface area (Å²) in [5.74, 6) is 0.576. The highest BCUT2D eigenvalue weighted by molar-refractivity contribution is 5.93. The fourth-order valence-electron chi connectivity index (χ4n) is 4.11. The summed E-state index contributed by atoms with van der Waals surface area (Å²) in [4.78, 5) is 19.4. The number of amides is 1. The molecule has 2 rings (SSSR count). The Morgan fingerprint density at radius 2 is 1.94 bits per heavy atom. The second-order valence-electron chi connectivity index (χ2n) is 8.58. The number of unbranched alkanes of at least 4 members (excludes halogenated alkanes) is 4. The second kappa shape index (κ2) is 16.4. The summed E-state index contributed by atoms with van der Waals surface area (Å²) in [6.45, 7) is 7.52. The van der Waals surface area contributed by atoms with Crippen molar-refractivity contribution in [2.24, 2.45) is 0 Å². The highest BCUT2D eigenvalue weighted by Gasteiger charge is 2.62. The average Bonchev–Trinajstić information content (AvgIpc) is 2.87. The number of pyridine rings is 1. The van der Waals surface area contributed by atoms with E-state index in [0.717, 1.165) is 44.3 Å². The van der Waals surface area contributed by atoms with E-state index in [4.69, 9.17) is 23.7 Å². The molecule has 2 heterocycles. The van der Waals surface area contributed by atoms with Crippen molar-refractivity contribution < 1.29 is 28.5 Å². The standard InChI is InChI=1S/C27H42N2O6/c1-5-7-9-11-13-17-34-24-14-15-28-23(18-24)19-27(35-22-32-4)25(29(21-31-3)26(27)30)20-33-16-12-10-8-6-2/h5-7,14-15,18,25H,2,8-13,16-17,19-22H2,1,3-4H3/t25-,27+/m0/s1. The zero-order valence-corrected chi connectivity index (χ0v) is 21.6. The Bertz CT molecular complexity index is 787. The normalized spacial score (nSPS) is 19.8. The van der Waals surface area contributed by atoms with Crippen LogP contribution in [0.4, 0.5) is 0 Å². The van der Waals surface area contributed by atoms with Gasteiger partial charge in [-0.25, -0.2) is 0 Å². The predicted octanol–water partition coefficient (Wildman–Crippen LogP) is 4.30. The van der Waals surface area contributed by atoms with Crippen LogP contribution in [0.25, 0.3) is 0 Å². The van der Waals surface area contributed by atoms with Crippen molar-refractivity contribution in [3.8, 4) is 5.75 Å². The minimum atomic E-state index is -1.13. The van der Waals surface area contributed by atoms with Crippen LogP contribution in [0.5, 0.6) is 5.75 Å². The van der Waals surface area contributed by atoms with Gasteiger partial charge >= 0.3 is 0 Å². The number of methoxy groups -OCH3 is 2. The molecule has 0 aromatic carbocycles. The monoisotopic (exact) mass is 490 g/mol. The van der Waals surface area contributed by atoms with Gasteiger partial charge in [0, 0.05) is 45.2 Å². The zero-order valence-electron chi connectivity index (χ0n) is 21.6. The van der Waals surface area contributed by atoms with E-state index >= 15 is 0 Å². The quantitative estimate of drug-likeness (QED) is 0.117. The van der Waals surface area contributed by atoms with Gasteiger partial charge in [0.15, 0.2) is 5.60 Å². The first-order valence-electron chi connectivity index (χ1n) is 12.4. The molecule has 196 valence electrons. The molecule has 0 radical (unpaired) electrons. The predicted molar refractivity (Wildman–Crippen MR) is 135 cm³/mol. The van der Waals surface area contributed by atoms with Gasteiger partial charge in [-0.1, -0.05) is 18.2 Å². The number of likely N-dealkylation sites (tertiary alicyclic amines) is 1. The van der Waals surface area contributed by atoms with Gasteiger partial charge in [0.1, 0.15) is 19.3 Å². The molecule has 0 N–H and O–H groups in total. The Morgan fingerprint density at radius 3 is 2.69 bits per heavy atom. The van der Waals surface area contributed by atoms with Crippen LogP contribution in [0.3, 0.4) is 0 Å². The summed E-state index contributed by atoms with van der Waals surface area (Å²) >= 11 is 0. The van der Waals surface area contributed by atoms with Crippen molar-refractivity contribution in [3.63, 3.8) is 0 Å². The molecular weight excluding hydrogens is 448 g/mol. The van der Waals surface area contributed by atoms with Crippen LogP contribution in [0.2, 0.25) is 0 Å². The number of hydrogen-bond donors (Lipinski definition) is 0. The molecule has 0 aliphatic carbocycles. The maximum atomic E-state index is 13.3. The van der Waals surface area contributed by atoms with E-state index in [1.165, 1.54) is 7.11 Å². The smallest absolute Gasteiger partial charge is 0.259 e. The first kappa shape index (κ1) is 29.0. The summed E-state index contributed by atoms with van der Waals surface area (Å²) in [5, 5.41) is 0. The summed E-state index contributed by atoms with van der Waals surface area (Å²) < 4.78 is 28.3. The Morgan fingerprint density at radius 1 is 1.14 bits per heavy atom. The number of rotatable bonds is 20. The van der Waals surface area contributed by atoms with Gasteiger partial charge in [-0.2, -0.15) is 0 Å². The van der Waals surface area contributed by atoms with Gasteiger partial charge in [-0.15, -0.1) is 6.58 Å². The topological polar surface area (TPSA) is 79.4 Å². The van der Waals surface area contributed by atoms with Crippen molar-refractivity contribution in [1.82, 2.24) is 9.88 Å². The first-order chi connectivity index (χ1) is 17.1. The van der Waals surface area contributed by atoms with E-state index < -0.39 is 5.60 Å². The molecule has 1 aliphatic heterocycles. The largest absolute Gasteiger partial charge is 0.493 e. The SMILES string of the molecule is C=CCCCCOC[C@@H]1N(COC)C(=O)[C@]1(Cc1cc(OCCCCC=CC)ccn1)OCOC. The van der Waals surface area contributed by atoms with E-state index in [-0.39, 0.29) is 25.5 Å². The Labute approximate surface area is 210 Å². The van der Waals surface area contributed by atoms with Crippen LogP contribution in [-0.4, -0.2) is 75.0 Å². The fraction of sp³-hybridized carbons (Fsp3) is 0.630. The van der Waals surface area contributed by atoms with Crippen LogP contribution in [0.1, 0.15) is 51.1 Å². The molecule has 1 aromatic rings. The van der Waals surface area contributed by atoms with Crippen molar-refractivity contribution >= 4 is 5.91 Å². The number of ether oxygens (including phenoxy) is 5. The fourth-order valence-corrected chi connectivity index (χ4v) is 4.11. The minimum Gasteiger partial charge on any atom is -0.493 e. The summed E-state index contributed by atoms with van der Waals surface area (Å²) in [6, 6.07) is 3.40. The lowest BCUT2D eigenvalue weighted by molar-refractivity contribution is -0.239. The molecule has 0 spiro atoms. The first-order valence-corrected chi connectivity index (χ1v) is 12.4. The summed E-state index contributed by atoms with van der Waals surface area (Å²) in [6.07, 6.45) is 14.1. The molecule has 8 heteroatoms. The molecule has 1 aliphatic rings. The zero-order chi connectivity index (χ0) is 25.4. The molecule has 0 saturated carbocycles. The van der Waals surface area contributed by atoms with Crippen molar-refractivity contribution in [3.05, 3.63) is 48.8 Å². The highest BCUT2D eigenvalue weighted by atomic mass is 16.7. The van der Waals surface area contributed by atoms with Crippen LogP contribution in [0.15, 0.2) is 43.1 Å². The molecule has 8 nitrogen and oxygen atoms in total. The van der Waals surface area contributed by atoms with Crippen LogP contribution in [-0.2, 0) is 30.2 Å². The van der Waals surface area contributed by atoms with Crippen molar-refractivity contribution in [2.75, 3.05) is 47.6 Å². The van der Waals surface area contributed by atoms with Gasteiger partial charge in [-0.05, 0) is 51.5 Å². The number of β-lactam (4-membered cyclic amide) rings is 1. The van der Waals surface area contributed by atoms with E-state index in [1.807, 2.05) is 25.1 Å². The number of carbonyl (C=O) groups excluding carboxylic acids is 1. The maximum Gasteiger partial charge on any atom is 0.259 e. The average molecular weight is 491 g/mol. The van der Waals surface area contributed by atoms with E-state index in [1.54, 1.807) is 18.2 Å². The van der Waals surface area contributed by atoms with Crippen LogP contribution >= 0.6 is 0 Å². The number of hydrogen-bond acceptors (Lipinski definition) is 7. The van der Waals surface area contributed by atoms with Gasteiger partial charge in [0.05, 0.1) is 19.3 Å². The molecule has 1 saturated heterocycles. The number of nitrogens with zero attached hydrogens (tertiary/aromatic N) is 2. The Balaban J connectivity index is 2.07. The van der Waals surface area contributed by atoms with E-state index in [0.29, 0.717) is 31.9 Å². The lowest BCUT2D eigenvalue weighted by atomic mass is 9.78. The summed E-state index contributed by atoms with van der Waals surface area (Å²) in [5.41, 5.74) is -0.415. The van der Waals surface area contributed by atoms with Crippen molar-refractivity contribution in [1.29, 1.82) is 0 Å². The third kappa shape index (κ3) is 8.72. The molecule has 1 aromatic heterocycles. The Hall–Kier alpha value is -2.26. The maximum absolute atomic E-state index is 13.3. The van der Waals surface area contributed by atoms with E-state index in [2.05, 4.69) is 23.7 Å². The van der Waals surface area contributed by atoms with E-state index in [9.17, 15) is 4.79 Å². The Kier molecular flexibility index (Phi) is 13.6. The third-order valence-electron chi connectivity index (χ3n) is 5.96. The van der Waals surface area contributed by atoms with Gasteiger partial charge < -0.3 is 28.6 Å². The molecule has 2 atom stereocenters. The lowest BCUT2D eigenvalue weighted by Gasteiger charge is -2.54. The van der Waals surface area contributed by atoms with Crippen molar-refractivity contribution in [2.45, 2.75) is 63.5 Å². The summed E-state index contributed by atoms with van der Waals surface area (Å²) in [7, 11) is 3.11. The van der Waals surface area contributed by atoms with Gasteiger partial charge in [0.25, 0.3) is 5.91 Å². The van der Waals surface area contributed by atoms with Crippen LogP contribution < -0.4 is 4.74 Å². The number of carbonyl (C=O) groups is 1. The minimum absolute atomic E-state index is 0.00913.